The van der Waals surface area contributed by atoms with E-state index in [-0.39, 0.29) is 0 Å². The summed E-state index contributed by atoms with van der Waals surface area (Å²) in [6.45, 7) is -0.472. The van der Waals surface area contributed by atoms with Gasteiger partial charge >= 0.3 is 0 Å². The lowest BCUT2D eigenvalue weighted by Gasteiger charge is -2.39. The predicted octanol–water partition coefficient (Wildman–Crippen LogP) is -0.600. The zero-order valence-electron chi connectivity index (χ0n) is 11.3. The first-order chi connectivity index (χ1) is 10.1. The van der Waals surface area contributed by atoms with Gasteiger partial charge in [-0.25, -0.2) is 0 Å². The van der Waals surface area contributed by atoms with E-state index in [9.17, 15) is 15.3 Å². The van der Waals surface area contributed by atoms with Crippen molar-refractivity contribution >= 4 is 5.76 Å². The average Bonchev–Trinajstić information content (AvgIpc) is 2.91. The van der Waals surface area contributed by atoms with Crippen LogP contribution in [0.4, 0.5) is 0 Å². The number of hydrogen-bond donors (Lipinski definition) is 4. The van der Waals surface area contributed by atoms with Gasteiger partial charge in [0.25, 0.3) is 0 Å². The van der Waals surface area contributed by atoms with Crippen molar-refractivity contribution in [3.8, 4) is 0 Å². The van der Waals surface area contributed by atoms with Crippen LogP contribution in [0.15, 0.2) is 30.3 Å². The molecule has 0 spiro atoms. The molecule has 114 valence electrons. The maximum absolute atomic E-state index is 9.96. The summed E-state index contributed by atoms with van der Waals surface area (Å²) in [6.07, 6.45) is -3.72. The largest absolute Gasteiger partial charge is 0.462 e. The Bertz CT molecular complexity index is 541. The molecule has 0 bridgehead atoms. The number of fused-ring (bicyclic) bond motifs is 1. The number of ether oxygens (including phenoxy) is 2. The van der Waals surface area contributed by atoms with Crippen LogP contribution in [0, 0.1) is 0 Å². The third-order valence-electron chi connectivity index (χ3n) is 3.88. The first kappa shape index (κ1) is 14.5. The third-order valence-corrected chi connectivity index (χ3v) is 3.88. The maximum atomic E-state index is 9.96. The summed E-state index contributed by atoms with van der Waals surface area (Å²) in [7, 11) is 0. The Morgan fingerprint density at radius 1 is 1.10 bits per heavy atom. The molecule has 0 unspecified atom stereocenters. The zero-order valence-corrected chi connectivity index (χ0v) is 11.3. The van der Waals surface area contributed by atoms with Gasteiger partial charge in [0.2, 0.25) is 6.29 Å². The smallest absolute Gasteiger partial charge is 0.229 e. The van der Waals surface area contributed by atoms with Gasteiger partial charge in [0.05, 0.1) is 6.61 Å². The second-order valence-electron chi connectivity index (χ2n) is 5.24. The molecule has 6 nitrogen and oxygen atoms in total. The lowest BCUT2D eigenvalue weighted by atomic mass is 9.99. The van der Waals surface area contributed by atoms with Gasteiger partial charge in [0.15, 0.2) is 0 Å². The van der Waals surface area contributed by atoms with Gasteiger partial charge in [-0.1, -0.05) is 24.3 Å². The van der Waals surface area contributed by atoms with Crippen LogP contribution in [-0.4, -0.2) is 57.7 Å². The van der Waals surface area contributed by atoms with Crippen LogP contribution < -0.4 is 0 Å². The summed E-state index contributed by atoms with van der Waals surface area (Å²) in [4.78, 5) is 0. The van der Waals surface area contributed by atoms with Crippen molar-refractivity contribution in [2.24, 2.45) is 0 Å². The fourth-order valence-electron chi connectivity index (χ4n) is 2.65. The van der Waals surface area contributed by atoms with Gasteiger partial charge in [-0.2, -0.15) is 0 Å². The van der Waals surface area contributed by atoms with Crippen molar-refractivity contribution in [1.82, 2.24) is 0 Å². The summed E-state index contributed by atoms with van der Waals surface area (Å²) >= 11 is 0. The molecule has 5 atom stereocenters. The van der Waals surface area contributed by atoms with Crippen LogP contribution in [-0.2, 0) is 15.9 Å². The molecule has 1 aromatic carbocycles. The van der Waals surface area contributed by atoms with Crippen LogP contribution in [0.25, 0.3) is 5.76 Å². The fraction of sp³-hybridized carbons (Fsp3) is 0.467. The number of aliphatic hydroxyl groups excluding tert-OH is 4. The van der Waals surface area contributed by atoms with Crippen LogP contribution in [0.2, 0.25) is 0 Å². The Labute approximate surface area is 121 Å². The van der Waals surface area contributed by atoms with Crippen LogP contribution in [0.3, 0.4) is 0 Å². The Morgan fingerprint density at radius 3 is 2.62 bits per heavy atom. The SMILES string of the molecule is OC[C@H]1O[C@@H](OC2=CCc3ccccc32)[C@H](O)[C@@H](O)[C@H]1O. The summed E-state index contributed by atoms with van der Waals surface area (Å²) < 4.78 is 11.0. The molecule has 1 aromatic rings. The Balaban J connectivity index is 1.76. The summed E-state index contributed by atoms with van der Waals surface area (Å²) in [5.74, 6) is 0.565. The quantitative estimate of drug-likeness (QED) is 0.594. The van der Waals surface area contributed by atoms with Crippen molar-refractivity contribution in [3.05, 3.63) is 41.5 Å². The lowest BCUT2D eigenvalue weighted by Crippen LogP contribution is -2.59. The molecule has 0 aromatic heterocycles. The summed E-state index contributed by atoms with van der Waals surface area (Å²) in [5, 5.41) is 38.6. The van der Waals surface area contributed by atoms with Crippen molar-refractivity contribution in [3.63, 3.8) is 0 Å². The van der Waals surface area contributed by atoms with E-state index in [4.69, 9.17) is 14.6 Å². The zero-order chi connectivity index (χ0) is 15.0. The fourth-order valence-corrected chi connectivity index (χ4v) is 2.65. The normalized spacial score (nSPS) is 35.2. The van der Waals surface area contributed by atoms with E-state index < -0.39 is 37.3 Å². The molecule has 1 fully saturated rings. The third kappa shape index (κ3) is 2.56. The highest BCUT2D eigenvalue weighted by molar-refractivity contribution is 5.68. The molecule has 1 saturated heterocycles. The molecule has 0 amide bonds. The summed E-state index contributed by atoms with van der Waals surface area (Å²) in [5.41, 5.74) is 2.02. The van der Waals surface area contributed by atoms with Crippen LogP contribution in [0.5, 0.6) is 0 Å². The van der Waals surface area contributed by atoms with E-state index in [0.717, 1.165) is 17.5 Å². The monoisotopic (exact) mass is 294 g/mol. The van der Waals surface area contributed by atoms with Gasteiger partial charge in [-0.15, -0.1) is 0 Å². The van der Waals surface area contributed by atoms with Crippen LogP contribution in [0.1, 0.15) is 11.1 Å². The van der Waals surface area contributed by atoms with Gasteiger partial charge in [0, 0.05) is 5.56 Å². The average molecular weight is 294 g/mol. The van der Waals surface area contributed by atoms with Gasteiger partial charge in [-0.3, -0.25) is 0 Å². The topological polar surface area (TPSA) is 99.4 Å². The molecule has 1 aliphatic carbocycles. The molecular formula is C15H18O6. The van der Waals surface area contributed by atoms with E-state index in [0.29, 0.717) is 5.76 Å². The highest BCUT2D eigenvalue weighted by Gasteiger charge is 2.45. The first-order valence-electron chi connectivity index (χ1n) is 6.87. The van der Waals surface area contributed by atoms with Gasteiger partial charge in [-0.05, 0) is 18.1 Å². The molecule has 2 aliphatic rings. The van der Waals surface area contributed by atoms with Crippen LogP contribution >= 0.6 is 0 Å². The molecule has 6 heteroatoms. The van der Waals surface area contributed by atoms with E-state index >= 15 is 0 Å². The second kappa shape index (κ2) is 5.75. The molecule has 21 heavy (non-hydrogen) atoms. The highest BCUT2D eigenvalue weighted by Crippen LogP contribution is 2.32. The number of hydrogen-bond acceptors (Lipinski definition) is 6. The van der Waals surface area contributed by atoms with Gasteiger partial charge in [0.1, 0.15) is 30.2 Å². The number of rotatable bonds is 3. The Morgan fingerprint density at radius 2 is 1.86 bits per heavy atom. The highest BCUT2D eigenvalue weighted by atomic mass is 16.7. The molecule has 4 N–H and O–H groups in total. The first-order valence-corrected chi connectivity index (χ1v) is 6.87. The summed E-state index contributed by atoms with van der Waals surface area (Å²) in [6, 6.07) is 7.70. The lowest BCUT2D eigenvalue weighted by molar-refractivity contribution is -0.284. The van der Waals surface area contributed by atoms with Crippen molar-refractivity contribution in [2.45, 2.75) is 37.1 Å². The van der Waals surface area contributed by atoms with E-state index in [2.05, 4.69) is 0 Å². The number of aliphatic hydroxyl groups is 4. The van der Waals surface area contributed by atoms with Gasteiger partial charge < -0.3 is 29.9 Å². The Hall–Kier alpha value is -1.44. The van der Waals surface area contributed by atoms with Crippen molar-refractivity contribution < 1.29 is 29.9 Å². The number of allylic oxidation sites excluding steroid dienone is 1. The standard InChI is InChI=1S/C15H18O6/c16-7-11-12(17)13(18)14(19)15(21-11)20-10-6-5-8-3-1-2-4-9(8)10/h1-4,6,11-19H,5,7H2/t11-,12+,13+,14-,15-/m1/s1. The minimum atomic E-state index is -1.43. The van der Waals surface area contributed by atoms with E-state index in [1.54, 1.807) is 0 Å². The second-order valence-corrected chi connectivity index (χ2v) is 5.24. The number of benzene rings is 1. The molecule has 1 heterocycles. The minimum absolute atomic E-state index is 0.472. The minimum Gasteiger partial charge on any atom is -0.462 e. The van der Waals surface area contributed by atoms with Crippen molar-refractivity contribution in [1.29, 1.82) is 0 Å². The molecule has 1 aliphatic heterocycles. The molecular weight excluding hydrogens is 276 g/mol. The van der Waals surface area contributed by atoms with E-state index in [1.165, 1.54) is 0 Å². The Kier molecular flexibility index (Phi) is 3.97. The van der Waals surface area contributed by atoms with Crippen molar-refractivity contribution in [2.75, 3.05) is 6.61 Å². The molecule has 0 radical (unpaired) electrons. The maximum Gasteiger partial charge on any atom is 0.229 e. The molecule has 0 saturated carbocycles. The predicted molar refractivity (Wildman–Crippen MR) is 73.0 cm³/mol. The van der Waals surface area contributed by atoms with E-state index in [1.807, 2.05) is 30.3 Å². The molecule has 3 rings (SSSR count).